The average Bonchev–Trinajstić information content (AvgIpc) is 2.09. The molecule has 0 aromatic heterocycles. The Balaban J connectivity index is 5.03. The fraction of sp³-hybridized carbons (Fsp3) is 0.875. The molecule has 0 aliphatic rings. The molecule has 0 aliphatic carbocycles. The van der Waals surface area contributed by atoms with Gasteiger partial charge in [-0.2, -0.15) is 0 Å². The summed E-state index contributed by atoms with van der Waals surface area (Å²) in [5.74, 6) is -0.267. The third kappa shape index (κ3) is 6.63. The maximum absolute atomic E-state index is 12.5. The highest BCUT2D eigenvalue weighted by Crippen LogP contribution is 2.42. The molecule has 124 valence electrons. The van der Waals surface area contributed by atoms with E-state index < -0.39 is 24.3 Å². The van der Waals surface area contributed by atoms with Crippen molar-refractivity contribution >= 4 is 19.6 Å². The van der Waals surface area contributed by atoms with Gasteiger partial charge in [-0.1, -0.05) is 26.9 Å². The second-order valence-corrected chi connectivity index (χ2v) is 13.8. The predicted octanol–water partition coefficient (Wildman–Crippen LogP) is 4.72. The number of hydrogen-bond donors (Lipinski definition) is 0. The summed E-state index contributed by atoms with van der Waals surface area (Å²) < 4.78 is 10.9. The van der Waals surface area contributed by atoms with Crippen molar-refractivity contribution in [1.29, 1.82) is 0 Å². The van der Waals surface area contributed by atoms with Crippen LogP contribution in [0.5, 0.6) is 0 Å². The van der Waals surface area contributed by atoms with Gasteiger partial charge in [-0.05, 0) is 46.6 Å². The van der Waals surface area contributed by atoms with Gasteiger partial charge in [0.15, 0.2) is 8.07 Å². The number of carbonyl (C=O) groups excluding carboxylic acids is 2. The van der Waals surface area contributed by atoms with Crippen LogP contribution in [0.3, 0.4) is 0 Å². The number of rotatable bonds is 4. The van der Waals surface area contributed by atoms with E-state index in [2.05, 4.69) is 0 Å². The lowest BCUT2D eigenvalue weighted by atomic mass is 10.1. The molecule has 0 heterocycles. The van der Waals surface area contributed by atoms with Crippen LogP contribution in [0.15, 0.2) is 0 Å². The summed E-state index contributed by atoms with van der Waals surface area (Å²) in [5, 5.41) is -0.433. The number of ether oxygens (including phenoxy) is 2. The molecule has 4 nitrogen and oxygen atoms in total. The molecule has 0 N–H and O–H groups in total. The smallest absolute Gasteiger partial charge is 0.306 e. The van der Waals surface area contributed by atoms with Crippen molar-refractivity contribution in [3.05, 3.63) is 0 Å². The highest BCUT2D eigenvalue weighted by atomic mass is 28.3. The van der Waals surface area contributed by atoms with E-state index in [0.29, 0.717) is 0 Å². The zero-order chi connectivity index (χ0) is 17.3. The molecular weight excluding hydrogens is 284 g/mol. The van der Waals surface area contributed by atoms with Crippen LogP contribution < -0.4 is 0 Å². The van der Waals surface area contributed by atoms with E-state index in [1.54, 1.807) is 0 Å². The molecule has 0 aliphatic heterocycles. The zero-order valence-corrected chi connectivity index (χ0v) is 16.3. The summed E-state index contributed by atoms with van der Waals surface area (Å²) in [6.07, 6.45) is 0.225. The van der Waals surface area contributed by atoms with Gasteiger partial charge in [-0.25, -0.2) is 0 Å². The molecular formula is C16H32O4Si. The lowest BCUT2D eigenvalue weighted by Crippen LogP contribution is -2.50. The van der Waals surface area contributed by atoms with E-state index in [1.807, 2.05) is 68.5 Å². The fourth-order valence-corrected chi connectivity index (χ4v) is 3.34. The summed E-state index contributed by atoms with van der Waals surface area (Å²) >= 11 is 0. The lowest BCUT2D eigenvalue weighted by Gasteiger charge is -2.38. The monoisotopic (exact) mass is 316 g/mol. The molecule has 0 saturated heterocycles. The minimum absolute atomic E-state index is 0.163. The van der Waals surface area contributed by atoms with Crippen LogP contribution in [0.25, 0.3) is 0 Å². The Morgan fingerprint density at radius 1 is 0.810 bits per heavy atom. The summed E-state index contributed by atoms with van der Waals surface area (Å²) in [5.41, 5.74) is -1.18. The van der Waals surface area contributed by atoms with E-state index in [-0.39, 0.29) is 18.0 Å². The van der Waals surface area contributed by atoms with Crippen molar-refractivity contribution in [2.75, 3.05) is 0 Å². The van der Waals surface area contributed by atoms with Crippen LogP contribution in [-0.4, -0.2) is 30.8 Å². The highest BCUT2D eigenvalue weighted by Gasteiger charge is 2.49. The Labute approximate surface area is 130 Å². The number of carbonyl (C=O) groups is 2. The molecule has 0 saturated carbocycles. The maximum atomic E-state index is 12.5. The Morgan fingerprint density at radius 3 is 1.52 bits per heavy atom. The van der Waals surface area contributed by atoms with E-state index in [0.717, 1.165) is 0 Å². The van der Waals surface area contributed by atoms with Crippen molar-refractivity contribution in [1.82, 2.24) is 0 Å². The van der Waals surface area contributed by atoms with Gasteiger partial charge in [0.1, 0.15) is 11.2 Å². The molecule has 0 radical (unpaired) electrons. The lowest BCUT2D eigenvalue weighted by molar-refractivity contribution is -0.155. The van der Waals surface area contributed by atoms with Crippen molar-refractivity contribution in [3.8, 4) is 0 Å². The molecule has 0 unspecified atom stereocenters. The number of hydrogen-bond acceptors (Lipinski definition) is 4. The van der Waals surface area contributed by atoms with Crippen LogP contribution in [0.4, 0.5) is 4.79 Å². The highest BCUT2D eigenvalue weighted by molar-refractivity contribution is 7.05. The largest absolute Gasteiger partial charge is 0.464 e. The van der Waals surface area contributed by atoms with Crippen LogP contribution >= 0.6 is 0 Å². The minimum Gasteiger partial charge on any atom is -0.464 e. The molecule has 0 bridgehead atoms. The van der Waals surface area contributed by atoms with Crippen molar-refractivity contribution in [2.45, 2.75) is 91.1 Å². The van der Waals surface area contributed by atoms with Crippen molar-refractivity contribution < 1.29 is 19.1 Å². The fourth-order valence-electron chi connectivity index (χ4n) is 1.64. The second-order valence-electron chi connectivity index (χ2n) is 8.77. The summed E-state index contributed by atoms with van der Waals surface area (Å²) in [6, 6.07) is 0. The predicted molar refractivity (Wildman–Crippen MR) is 88.2 cm³/mol. The van der Waals surface area contributed by atoms with Gasteiger partial charge >= 0.3 is 5.97 Å². The Morgan fingerprint density at radius 2 is 1.19 bits per heavy atom. The molecule has 0 atom stereocenters. The van der Waals surface area contributed by atoms with E-state index in [9.17, 15) is 9.59 Å². The SMILES string of the molecule is CC(C)(C)OC(=O)CC(C)(C)[Si](C)(C)C(=O)OC(C)(C)C. The molecule has 0 aromatic rings. The van der Waals surface area contributed by atoms with Gasteiger partial charge in [-0.3, -0.25) is 9.59 Å². The molecule has 0 rings (SSSR count). The van der Waals surface area contributed by atoms with Crippen molar-refractivity contribution in [3.63, 3.8) is 0 Å². The summed E-state index contributed by atoms with van der Waals surface area (Å²) in [7, 11) is -2.44. The summed E-state index contributed by atoms with van der Waals surface area (Å²) in [4.78, 5) is 24.6. The minimum atomic E-state index is -2.44. The van der Waals surface area contributed by atoms with E-state index >= 15 is 0 Å². The van der Waals surface area contributed by atoms with E-state index in [1.165, 1.54) is 0 Å². The molecule has 21 heavy (non-hydrogen) atoms. The molecule has 0 fully saturated rings. The molecule has 0 spiro atoms. The zero-order valence-electron chi connectivity index (χ0n) is 15.3. The second kappa shape index (κ2) is 6.11. The van der Waals surface area contributed by atoms with Gasteiger partial charge in [0.25, 0.3) is 5.59 Å². The third-order valence-electron chi connectivity index (χ3n) is 3.61. The summed E-state index contributed by atoms with van der Waals surface area (Å²) in [6.45, 7) is 18.9. The molecule has 0 aromatic carbocycles. The first-order valence-electron chi connectivity index (χ1n) is 7.43. The first kappa shape index (κ1) is 20.2. The average molecular weight is 317 g/mol. The molecule has 0 amide bonds. The normalized spacial score (nSPS) is 13.8. The Kier molecular flexibility index (Phi) is 5.86. The van der Waals surface area contributed by atoms with Gasteiger partial charge in [0.05, 0.1) is 0 Å². The van der Waals surface area contributed by atoms with Crippen LogP contribution in [0.1, 0.15) is 61.8 Å². The quantitative estimate of drug-likeness (QED) is 0.556. The maximum Gasteiger partial charge on any atom is 0.306 e. The Hall–Kier alpha value is -0.843. The first-order valence-corrected chi connectivity index (χ1v) is 10.4. The van der Waals surface area contributed by atoms with Crippen LogP contribution in [0, 0.1) is 0 Å². The van der Waals surface area contributed by atoms with Crippen molar-refractivity contribution in [2.24, 2.45) is 0 Å². The van der Waals surface area contributed by atoms with Gasteiger partial charge in [-0.15, -0.1) is 0 Å². The topological polar surface area (TPSA) is 52.6 Å². The van der Waals surface area contributed by atoms with Gasteiger partial charge < -0.3 is 9.47 Å². The van der Waals surface area contributed by atoms with Crippen LogP contribution in [0.2, 0.25) is 18.1 Å². The van der Waals surface area contributed by atoms with Gasteiger partial charge in [0.2, 0.25) is 0 Å². The molecule has 5 heteroatoms. The first-order chi connectivity index (χ1) is 8.98. The van der Waals surface area contributed by atoms with Gasteiger partial charge in [0, 0.05) is 6.42 Å². The standard InChI is InChI=1S/C16H32O4Si/c1-14(2,3)19-12(17)11-16(7,8)21(9,10)13(18)20-15(4,5)6/h11H2,1-10H3. The van der Waals surface area contributed by atoms with E-state index in [4.69, 9.17) is 9.47 Å². The number of esters is 1. The van der Waals surface area contributed by atoms with Crippen LogP contribution in [-0.2, 0) is 14.3 Å². The third-order valence-corrected chi connectivity index (χ3v) is 8.29. The Bertz CT molecular complexity index is 397.